The van der Waals surface area contributed by atoms with Crippen molar-refractivity contribution in [1.82, 2.24) is 10.2 Å². The minimum absolute atomic E-state index is 0.0595. The monoisotopic (exact) mass is 448 g/mol. The van der Waals surface area contributed by atoms with E-state index in [-0.39, 0.29) is 30.6 Å². The van der Waals surface area contributed by atoms with Gasteiger partial charge in [-0.25, -0.2) is 0 Å². The van der Waals surface area contributed by atoms with Gasteiger partial charge in [0.2, 0.25) is 11.6 Å². The van der Waals surface area contributed by atoms with E-state index in [0.717, 1.165) is 43.0 Å². The number of ether oxygens (including phenoxy) is 1. The lowest BCUT2D eigenvalue weighted by Crippen LogP contribution is -2.16. The van der Waals surface area contributed by atoms with Crippen LogP contribution in [0.4, 0.5) is 13.2 Å². The number of hydrogen-bond donors (Lipinski definition) is 2. The highest BCUT2D eigenvalue weighted by atomic mass is 19.4. The van der Waals surface area contributed by atoms with Crippen molar-refractivity contribution in [2.75, 3.05) is 0 Å². The molecule has 0 unspecified atom stereocenters. The van der Waals surface area contributed by atoms with Crippen LogP contribution in [0.1, 0.15) is 55.1 Å². The van der Waals surface area contributed by atoms with Crippen molar-refractivity contribution in [3.63, 3.8) is 0 Å². The fraction of sp³-hybridized carbons (Fsp3) is 0.391. The standard InChI is InChI=1S/C23H23F3N2O4/c24-23(25,26)20-10-9-18(32-20)13-31-21-12-19(27-28-21)17-7-5-16(6-8-17)15-3-1-14(2-4-15)11-22(29)30/h5-10,12,14-15H,1-4,11,13H2,(H,27,28)(H,29,30). The van der Waals surface area contributed by atoms with E-state index in [0.29, 0.717) is 5.92 Å². The van der Waals surface area contributed by atoms with Gasteiger partial charge in [-0.3, -0.25) is 9.89 Å². The lowest BCUT2D eigenvalue weighted by molar-refractivity contribution is -0.153. The fourth-order valence-corrected chi connectivity index (χ4v) is 4.16. The van der Waals surface area contributed by atoms with Crippen LogP contribution in [0.2, 0.25) is 0 Å². The Morgan fingerprint density at radius 2 is 1.84 bits per heavy atom. The van der Waals surface area contributed by atoms with Crippen molar-refractivity contribution >= 4 is 5.97 Å². The smallest absolute Gasteiger partial charge is 0.449 e. The fourth-order valence-electron chi connectivity index (χ4n) is 4.16. The van der Waals surface area contributed by atoms with Crippen molar-refractivity contribution in [3.05, 3.63) is 59.5 Å². The Morgan fingerprint density at radius 1 is 1.12 bits per heavy atom. The number of benzene rings is 1. The van der Waals surface area contributed by atoms with Crippen LogP contribution in [0, 0.1) is 5.92 Å². The molecule has 0 spiro atoms. The SMILES string of the molecule is O=C(O)CC1CCC(c2ccc(-c3cc(OCc4ccc(C(F)(F)F)o4)n[nH]3)cc2)CC1. The highest BCUT2D eigenvalue weighted by molar-refractivity contribution is 5.67. The van der Waals surface area contributed by atoms with Crippen LogP contribution in [0.25, 0.3) is 11.3 Å². The number of furan rings is 1. The molecule has 6 nitrogen and oxygen atoms in total. The van der Waals surface area contributed by atoms with E-state index >= 15 is 0 Å². The average molecular weight is 448 g/mol. The van der Waals surface area contributed by atoms with E-state index in [9.17, 15) is 18.0 Å². The van der Waals surface area contributed by atoms with Gasteiger partial charge in [-0.15, -0.1) is 5.10 Å². The first-order valence-corrected chi connectivity index (χ1v) is 10.4. The van der Waals surface area contributed by atoms with Crippen LogP contribution in [0.15, 0.2) is 46.9 Å². The molecule has 0 saturated heterocycles. The number of H-pyrrole nitrogens is 1. The van der Waals surface area contributed by atoms with Gasteiger partial charge in [0.1, 0.15) is 12.4 Å². The van der Waals surface area contributed by atoms with Gasteiger partial charge in [-0.05, 0) is 60.8 Å². The lowest BCUT2D eigenvalue weighted by Gasteiger charge is -2.28. The topological polar surface area (TPSA) is 88.3 Å². The average Bonchev–Trinajstić information content (AvgIpc) is 3.42. The number of hydrogen-bond acceptors (Lipinski definition) is 4. The molecule has 0 radical (unpaired) electrons. The molecular weight excluding hydrogens is 425 g/mol. The third-order valence-corrected chi connectivity index (χ3v) is 5.86. The highest BCUT2D eigenvalue weighted by Crippen LogP contribution is 2.37. The van der Waals surface area contributed by atoms with E-state index in [1.807, 2.05) is 12.1 Å². The molecule has 4 rings (SSSR count). The van der Waals surface area contributed by atoms with Gasteiger partial charge in [-0.2, -0.15) is 13.2 Å². The molecule has 1 aliphatic rings. The zero-order valence-corrected chi connectivity index (χ0v) is 17.2. The second kappa shape index (κ2) is 9.10. The summed E-state index contributed by atoms with van der Waals surface area (Å²) in [7, 11) is 0. The number of aromatic amines is 1. The maximum atomic E-state index is 12.6. The van der Waals surface area contributed by atoms with Crippen molar-refractivity contribution in [3.8, 4) is 17.1 Å². The molecule has 170 valence electrons. The molecule has 1 saturated carbocycles. The summed E-state index contributed by atoms with van der Waals surface area (Å²) in [5.74, 6) is -0.766. The van der Waals surface area contributed by atoms with E-state index in [1.54, 1.807) is 6.07 Å². The number of nitrogens with one attached hydrogen (secondary N) is 1. The van der Waals surface area contributed by atoms with E-state index in [4.69, 9.17) is 14.3 Å². The predicted octanol–water partition coefficient (Wildman–Crippen LogP) is 6.02. The number of carboxylic acid groups (broad SMARTS) is 1. The molecule has 3 aromatic rings. The number of alkyl halides is 3. The van der Waals surface area contributed by atoms with E-state index < -0.39 is 17.9 Å². The second-order valence-corrected chi connectivity index (χ2v) is 8.11. The number of carbonyl (C=O) groups is 1. The van der Waals surface area contributed by atoms with Gasteiger partial charge < -0.3 is 14.3 Å². The molecular formula is C23H23F3N2O4. The van der Waals surface area contributed by atoms with Gasteiger partial charge in [0.05, 0.1) is 5.69 Å². The molecule has 32 heavy (non-hydrogen) atoms. The molecule has 9 heteroatoms. The van der Waals surface area contributed by atoms with Crippen LogP contribution >= 0.6 is 0 Å². The van der Waals surface area contributed by atoms with Crippen LogP contribution in [0.3, 0.4) is 0 Å². The zero-order chi connectivity index (χ0) is 22.7. The Bertz CT molecular complexity index is 1050. The Labute approximate surface area is 182 Å². The van der Waals surface area contributed by atoms with Crippen LogP contribution in [-0.2, 0) is 17.6 Å². The van der Waals surface area contributed by atoms with Crippen molar-refractivity contribution in [2.24, 2.45) is 5.92 Å². The molecule has 2 N–H and O–H groups in total. The summed E-state index contributed by atoms with van der Waals surface area (Å²) in [6.45, 7) is -0.163. The molecule has 1 fully saturated rings. The largest absolute Gasteiger partial charge is 0.481 e. The van der Waals surface area contributed by atoms with Crippen molar-refractivity contribution in [1.29, 1.82) is 0 Å². The molecule has 0 amide bonds. The van der Waals surface area contributed by atoms with Crippen LogP contribution in [-0.4, -0.2) is 21.3 Å². The first-order valence-electron chi connectivity index (χ1n) is 10.4. The summed E-state index contributed by atoms with van der Waals surface area (Å²) >= 11 is 0. The minimum atomic E-state index is -4.53. The summed E-state index contributed by atoms with van der Waals surface area (Å²) in [6.07, 6.45) is -0.439. The van der Waals surface area contributed by atoms with Gasteiger partial charge in [0.15, 0.2) is 0 Å². The van der Waals surface area contributed by atoms with Crippen molar-refractivity contribution < 1.29 is 32.2 Å². The lowest BCUT2D eigenvalue weighted by atomic mass is 9.77. The molecule has 0 aliphatic heterocycles. The van der Waals surface area contributed by atoms with Gasteiger partial charge in [0.25, 0.3) is 0 Å². The van der Waals surface area contributed by atoms with Crippen LogP contribution in [0.5, 0.6) is 5.88 Å². The number of halogens is 3. The first kappa shape index (κ1) is 22.0. The first-order chi connectivity index (χ1) is 15.3. The minimum Gasteiger partial charge on any atom is -0.481 e. The Morgan fingerprint density at radius 3 is 2.47 bits per heavy atom. The molecule has 1 aromatic carbocycles. The number of carboxylic acids is 1. The van der Waals surface area contributed by atoms with E-state index in [1.165, 1.54) is 11.6 Å². The van der Waals surface area contributed by atoms with Gasteiger partial charge >= 0.3 is 12.1 Å². The quantitative estimate of drug-likeness (QED) is 0.462. The normalized spacial score (nSPS) is 19.1. The molecule has 2 aromatic heterocycles. The number of aliphatic carboxylic acids is 1. The maximum Gasteiger partial charge on any atom is 0.449 e. The van der Waals surface area contributed by atoms with Crippen LogP contribution < -0.4 is 4.74 Å². The summed E-state index contributed by atoms with van der Waals surface area (Å²) in [5.41, 5.74) is 2.87. The molecule has 0 bridgehead atoms. The summed E-state index contributed by atoms with van der Waals surface area (Å²) in [6, 6.07) is 11.9. The Hall–Kier alpha value is -3.23. The third-order valence-electron chi connectivity index (χ3n) is 5.86. The van der Waals surface area contributed by atoms with Gasteiger partial charge in [-0.1, -0.05) is 24.3 Å². The number of aromatic nitrogens is 2. The molecule has 0 atom stereocenters. The predicted molar refractivity (Wildman–Crippen MR) is 109 cm³/mol. The maximum absolute atomic E-state index is 12.6. The Balaban J connectivity index is 1.32. The molecule has 1 aliphatic carbocycles. The van der Waals surface area contributed by atoms with E-state index in [2.05, 4.69) is 22.3 Å². The summed E-state index contributed by atoms with van der Waals surface area (Å²) in [5, 5.41) is 15.9. The number of nitrogens with zero attached hydrogens (tertiary/aromatic N) is 1. The highest BCUT2D eigenvalue weighted by Gasteiger charge is 2.34. The zero-order valence-electron chi connectivity index (χ0n) is 17.2. The third kappa shape index (κ3) is 5.33. The second-order valence-electron chi connectivity index (χ2n) is 8.11. The summed E-state index contributed by atoms with van der Waals surface area (Å²) in [4.78, 5) is 10.9. The Kier molecular flexibility index (Phi) is 6.25. The van der Waals surface area contributed by atoms with Gasteiger partial charge in [0, 0.05) is 12.5 Å². The number of rotatable bonds is 7. The van der Waals surface area contributed by atoms with Crippen molar-refractivity contribution in [2.45, 2.75) is 50.8 Å². The molecule has 2 heterocycles. The summed E-state index contributed by atoms with van der Waals surface area (Å²) < 4.78 is 47.9.